The quantitative estimate of drug-likeness (QED) is 0.896. The fourth-order valence-electron chi connectivity index (χ4n) is 2.24. The highest BCUT2D eigenvalue weighted by Crippen LogP contribution is 2.37. The lowest BCUT2D eigenvalue weighted by Crippen LogP contribution is -2.28. The van der Waals surface area contributed by atoms with Gasteiger partial charge in [0.1, 0.15) is 5.82 Å². The molecule has 0 aliphatic heterocycles. The van der Waals surface area contributed by atoms with Crippen LogP contribution in [0.3, 0.4) is 0 Å². The molecule has 0 heterocycles. The molecule has 1 saturated carbocycles. The maximum Gasteiger partial charge on any atom is 0.307 e. The van der Waals surface area contributed by atoms with Crippen LogP contribution >= 0.6 is 11.8 Å². The van der Waals surface area contributed by atoms with E-state index in [9.17, 15) is 9.18 Å². The number of rotatable bonds is 3. The molecule has 1 N–H and O–H groups in total. The standard InChI is InChI=1S/C13H15FO2S/c14-9-4-3-5-10(8-9)17-12-7-2-1-6-11(12)13(15)16/h3-5,8,11-12H,1-2,6-7H2,(H,15,16). The van der Waals surface area contributed by atoms with Gasteiger partial charge in [-0.05, 0) is 31.0 Å². The molecular weight excluding hydrogens is 239 g/mol. The highest BCUT2D eigenvalue weighted by atomic mass is 32.2. The van der Waals surface area contributed by atoms with Crippen LogP contribution in [0.5, 0.6) is 0 Å². The normalized spacial score (nSPS) is 24.5. The highest BCUT2D eigenvalue weighted by Gasteiger charge is 2.31. The van der Waals surface area contributed by atoms with Crippen LogP contribution in [-0.4, -0.2) is 16.3 Å². The van der Waals surface area contributed by atoms with E-state index < -0.39 is 5.97 Å². The van der Waals surface area contributed by atoms with Gasteiger partial charge >= 0.3 is 5.97 Å². The molecule has 17 heavy (non-hydrogen) atoms. The molecule has 0 saturated heterocycles. The second-order valence-electron chi connectivity index (χ2n) is 4.34. The van der Waals surface area contributed by atoms with E-state index in [4.69, 9.17) is 5.11 Å². The molecule has 2 unspecified atom stereocenters. The topological polar surface area (TPSA) is 37.3 Å². The number of hydrogen-bond acceptors (Lipinski definition) is 2. The van der Waals surface area contributed by atoms with Gasteiger partial charge in [0, 0.05) is 10.1 Å². The summed E-state index contributed by atoms with van der Waals surface area (Å²) in [4.78, 5) is 12.0. The number of carboxylic acids is 1. The van der Waals surface area contributed by atoms with E-state index >= 15 is 0 Å². The van der Waals surface area contributed by atoms with Crippen molar-refractivity contribution in [2.24, 2.45) is 5.92 Å². The maximum absolute atomic E-state index is 13.0. The first-order valence-electron chi connectivity index (χ1n) is 5.82. The zero-order valence-electron chi connectivity index (χ0n) is 9.43. The van der Waals surface area contributed by atoms with E-state index in [0.29, 0.717) is 0 Å². The van der Waals surface area contributed by atoms with Gasteiger partial charge in [-0.15, -0.1) is 11.8 Å². The molecule has 1 fully saturated rings. The average Bonchev–Trinajstić information content (AvgIpc) is 2.29. The summed E-state index contributed by atoms with van der Waals surface area (Å²) in [6.07, 6.45) is 3.69. The number of halogens is 1. The summed E-state index contributed by atoms with van der Waals surface area (Å²) < 4.78 is 13.0. The minimum absolute atomic E-state index is 0.0723. The fourth-order valence-corrected chi connectivity index (χ4v) is 3.62. The van der Waals surface area contributed by atoms with Crippen LogP contribution in [0.4, 0.5) is 4.39 Å². The van der Waals surface area contributed by atoms with Crippen molar-refractivity contribution in [1.29, 1.82) is 0 Å². The number of carbonyl (C=O) groups is 1. The zero-order valence-corrected chi connectivity index (χ0v) is 10.3. The van der Waals surface area contributed by atoms with E-state index in [-0.39, 0.29) is 17.0 Å². The smallest absolute Gasteiger partial charge is 0.307 e. The third-order valence-electron chi connectivity index (χ3n) is 3.10. The van der Waals surface area contributed by atoms with Crippen molar-refractivity contribution in [3.63, 3.8) is 0 Å². The van der Waals surface area contributed by atoms with E-state index in [1.807, 2.05) is 6.07 Å². The Balaban J connectivity index is 2.08. The molecule has 1 aromatic carbocycles. The Hall–Kier alpha value is -1.03. The average molecular weight is 254 g/mol. The highest BCUT2D eigenvalue weighted by molar-refractivity contribution is 8.00. The molecule has 4 heteroatoms. The largest absolute Gasteiger partial charge is 0.481 e. The van der Waals surface area contributed by atoms with Crippen molar-refractivity contribution in [1.82, 2.24) is 0 Å². The summed E-state index contributed by atoms with van der Waals surface area (Å²) in [5, 5.41) is 9.23. The lowest BCUT2D eigenvalue weighted by atomic mass is 9.89. The number of aliphatic carboxylic acids is 1. The predicted molar refractivity (Wildman–Crippen MR) is 65.6 cm³/mol. The van der Waals surface area contributed by atoms with E-state index in [1.54, 1.807) is 6.07 Å². The predicted octanol–water partition coefficient (Wildman–Crippen LogP) is 3.56. The van der Waals surface area contributed by atoms with Crippen LogP contribution in [0, 0.1) is 11.7 Å². The summed E-state index contributed by atoms with van der Waals surface area (Å²) >= 11 is 1.49. The SMILES string of the molecule is O=C(O)C1CCCCC1Sc1cccc(F)c1. The molecule has 0 amide bonds. The van der Waals surface area contributed by atoms with Gasteiger partial charge in [-0.2, -0.15) is 0 Å². The minimum atomic E-state index is -0.724. The van der Waals surface area contributed by atoms with Gasteiger partial charge in [0.05, 0.1) is 5.92 Å². The maximum atomic E-state index is 13.0. The monoisotopic (exact) mass is 254 g/mol. The molecule has 1 aliphatic rings. The Morgan fingerprint density at radius 1 is 1.35 bits per heavy atom. The Bertz CT molecular complexity index is 408. The minimum Gasteiger partial charge on any atom is -0.481 e. The number of hydrogen-bond donors (Lipinski definition) is 1. The fraction of sp³-hybridized carbons (Fsp3) is 0.462. The summed E-state index contributed by atoms with van der Waals surface area (Å²) in [5.74, 6) is -1.28. The Kier molecular flexibility index (Phi) is 4.05. The second kappa shape index (κ2) is 5.54. The summed E-state index contributed by atoms with van der Waals surface area (Å²) in [7, 11) is 0. The zero-order chi connectivity index (χ0) is 12.3. The molecule has 0 bridgehead atoms. The van der Waals surface area contributed by atoms with E-state index in [1.165, 1.54) is 23.9 Å². The van der Waals surface area contributed by atoms with Crippen molar-refractivity contribution >= 4 is 17.7 Å². The van der Waals surface area contributed by atoms with Crippen LogP contribution in [0.25, 0.3) is 0 Å². The summed E-state index contributed by atoms with van der Waals surface area (Å²) in [6.45, 7) is 0. The number of carboxylic acid groups (broad SMARTS) is 1. The lowest BCUT2D eigenvalue weighted by Gasteiger charge is -2.27. The van der Waals surface area contributed by atoms with Crippen molar-refractivity contribution < 1.29 is 14.3 Å². The van der Waals surface area contributed by atoms with Gasteiger partial charge in [0.2, 0.25) is 0 Å². The van der Waals surface area contributed by atoms with Gasteiger partial charge in [-0.25, -0.2) is 4.39 Å². The van der Waals surface area contributed by atoms with Crippen molar-refractivity contribution in [2.45, 2.75) is 35.8 Å². The molecule has 1 aromatic rings. The Morgan fingerprint density at radius 2 is 2.12 bits per heavy atom. The molecular formula is C13H15FO2S. The van der Waals surface area contributed by atoms with Crippen molar-refractivity contribution in [3.8, 4) is 0 Å². The molecule has 2 atom stereocenters. The third kappa shape index (κ3) is 3.22. The molecule has 0 spiro atoms. The molecule has 92 valence electrons. The molecule has 1 aliphatic carbocycles. The first-order chi connectivity index (χ1) is 8.16. The van der Waals surface area contributed by atoms with Crippen LogP contribution in [0.15, 0.2) is 29.2 Å². The molecule has 0 radical (unpaired) electrons. The van der Waals surface area contributed by atoms with Crippen LogP contribution < -0.4 is 0 Å². The Morgan fingerprint density at radius 3 is 2.82 bits per heavy atom. The number of benzene rings is 1. The number of thioether (sulfide) groups is 1. The van der Waals surface area contributed by atoms with Crippen LogP contribution in [0.2, 0.25) is 0 Å². The summed E-state index contributed by atoms with van der Waals surface area (Å²) in [6, 6.07) is 6.37. The molecule has 2 nitrogen and oxygen atoms in total. The van der Waals surface area contributed by atoms with Gasteiger partial charge in [-0.1, -0.05) is 18.9 Å². The van der Waals surface area contributed by atoms with Crippen molar-refractivity contribution in [3.05, 3.63) is 30.1 Å². The Labute approximate surface area is 104 Å². The van der Waals surface area contributed by atoms with Gasteiger partial charge in [0.25, 0.3) is 0 Å². The van der Waals surface area contributed by atoms with Gasteiger partial charge in [-0.3, -0.25) is 4.79 Å². The van der Waals surface area contributed by atoms with Gasteiger partial charge < -0.3 is 5.11 Å². The van der Waals surface area contributed by atoms with E-state index in [0.717, 1.165) is 30.6 Å². The lowest BCUT2D eigenvalue weighted by molar-refractivity contribution is -0.142. The van der Waals surface area contributed by atoms with Gasteiger partial charge in [0.15, 0.2) is 0 Å². The molecule has 2 rings (SSSR count). The van der Waals surface area contributed by atoms with E-state index in [2.05, 4.69) is 0 Å². The first-order valence-corrected chi connectivity index (χ1v) is 6.70. The third-order valence-corrected chi connectivity index (χ3v) is 4.50. The summed E-state index contributed by atoms with van der Waals surface area (Å²) in [5.41, 5.74) is 0. The first kappa shape index (κ1) is 12.4. The van der Waals surface area contributed by atoms with Crippen molar-refractivity contribution in [2.75, 3.05) is 0 Å². The molecule has 0 aromatic heterocycles. The van der Waals surface area contributed by atoms with Crippen LogP contribution in [0.1, 0.15) is 25.7 Å². The van der Waals surface area contributed by atoms with Crippen LogP contribution in [-0.2, 0) is 4.79 Å². The second-order valence-corrected chi connectivity index (χ2v) is 5.66.